The van der Waals surface area contributed by atoms with Gasteiger partial charge in [-0.25, -0.2) is 0 Å². The zero-order chi connectivity index (χ0) is 78.8. The maximum atomic E-state index is 11.8. The summed E-state index contributed by atoms with van der Waals surface area (Å²) >= 11 is 25.6. The molecule has 20 nitrogen and oxygen atoms in total. The van der Waals surface area contributed by atoms with E-state index in [9.17, 15) is 24.0 Å². The number of rotatable bonds is 43. The Kier molecular flexibility index (Phi) is 45.1. The van der Waals surface area contributed by atoms with E-state index in [1.54, 1.807) is 0 Å². The van der Waals surface area contributed by atoms with E-state index < -0.39 is 0 Å². The standard InChI is InChI=1S/C17H30N2O2S.2C16H28N2O2S.C15H26N2O2S.C14H24N2O2S/c1-6-9-19(7-2)10-12-21-11-8-18-14-13(17(3,4)5)15(20)16(14)22;1-6-8-18(5)9-11-20-10-7-17-13-12(16(2,3)4)14(19)15(13)21;1-6-18(7-2)9-11-20-10-8-17-13-12(16(3,4)5)14(19)15(13)21;1-6-17(5)8-10-19-9-7-16-12-11(15(2,3)4)13(18)14(12)20;1-14(2,3)10-11(13(19)12(10)17)15-6-8-18-9-7-16(4)5/h18H,6-12H2,1-5H3;2*17H,6-11H2,1-5H3;16H,6-10H2,1-5H3;15H,6-9H2,1-5H3. The van der Waals surface area contributed by atoms with Gasteiger partial charge >= 0.3 is 0 Å². The van der Waals surface area contributed by atoms with Crippen molar-refractivity contribution in [3.63, 3.8) is 0 Å². The van der Waals surface area contributed by atoms with Crippen molar-refractivity contribution in [2.75, 3.05) is 226 Å². The fraction of sp³-hybridized carbons (Fsp3) is 0.744. The highest BCUT2D eigenvalue weighted by Crippen LogP contribution is 2.34. The molecule has 0 amide bonds. The molecule has 0 saturated carbocycles. The summed E-state index contributed by atoms with van der Waals surface area (Å²) in [6.45, 7) is 64.7. The molecular weight excluding hydrogens is 1400 g/mol. The molecule has 0 heterocycles. The number of anilines is 5. The molecule has 0 aromatic heterocycles. The van der Waals surface area contributed by atoms with Crippen LogP contribution in [0.4, 0.5) is 28.4 Å². The van der Waals surface area contributed by atoms with E-state index in [4.69, 9.17) is 84.8 Å². The summed E-state index contributed by atoms with van der Waals surface area (Å²) < 4.78 is 30.1. The Bertz CT molecular complexity index is 3620. The van der Waals surface area contributed by atoms with E-state index in [1.165, 1.54) is 6.42 Å². The van der Waals surface area contributed by atoms with E-state index in [1.807, 2.05) is 118 Å². The molecule has 588 valence electrons. The number of nitrogens with one attached hydrogen (secondary N) is 5. The van der Waals surface area contributed by atoms with Gasteiger partial charge in [-0.05, 0) is 107 Å². The van der Waals surface area contributed by atoms with E-state index >= 15 is 0 Å². The third kappa shape index (κ3) is 33.2. The fourth-order valence-corrected chi connectivity index (χ4v) is 12.5. The van der Waals surface area contributed by atoms with E-state index in [2.05, 4.69) is 107 Å². The summed E-state index contributed by atoms with van der Waals surface area (Å²) in [4.78, 5) is 70.3. The third-order valence-corrected chi connectivity index (χ3v) is 19.0. The number of ether oxygens (including phenoxy) is 5. The number of hydrogen-bond acceptors (Lipinski definition) is 25. The van der Waals surface area contributed by atoms with Crippen LogP contribution in [0.5, 0.6) is 0 Å². The molecule has 0 fully saturated rings. The highest BCUT2D eigenvalue weighted by molar-refractivity contribution is 7.72. The van der Waals surface area contributed by atoms with Crippen molar-refractivity contribution in [2.45, 2.75) is 185 Å². The quantitative estimate of drug-likeness (QED) is 0.0182. The molecule has 0 saturated heterocycles. The highest BCUT2D eigenvalue weighted by atomic mass is 32.1. The van der Waals surface area contributed by atoms with Crippen LogP contribution in [0.15, 0.2) is 24.0 Å². The molecule has 0 aliphatic rings. The lowest BCUT2D eigenvalue weighted by molar-refractivity contribution is 0.113. The van der Waals surface area contributed by atoms with Crippen LogP contribution in [0.25, 0.3) is 0 Å². The van der Waals surface area contributed by atoms with Crippen LogP contribution in [0, 0.1) is 22.6 Å². The molecule has 5 aromatic carbocycles. The molecule has 0 spiro atoms. The summed E-state index contributed by atoms with van der Waals surface area (Å²) in [5, 5.41) is 16.2. The minimum Gasteiger partial charge on any atom is -0.381 e. The van der Waals surface area contributed by atoms with Gasteiger partial charge in [0.05, 0.1) is 94.5 Å². The Morgan fingerprint density at radius 1 is 0.282 bits per heavy atom. The fourth-order valence-electron chi connectivity index (χ4n) is 11.1. The van der Waals surface area contributed by atoms with Crippen LogP contribution >= 0.6 is 61.1 Å². The van der Waals surface area contributed by atoms with Gasteiger partial charge < -0.3 is 74.8 Å². The first-order chi connectivity index (χ1) is 48.0. The maximum absolute atomic E-state index is 11.8. The lowest BCUT2D eigenvalue weighted by atomic mass is 9.83. The molecule has 0 radical (unpaired) electrons. The zero-order valence-electron chi connectivity index (χ0n) is 68.2. The number of likely N-dealkylation sites (N-methyl/N-ethyl adjacent to an activating group) is 5. The van der Waals surface area contributed by atoms with Crippen molar-refractivity contribution in [1.29, 1.82) is 0 Å². The second-order valence-electron chi connectivity index (χ2n) is 31.5. The predicted octanol–water partition coefficient (Wildman–Crippen LogP) is 12.8. The lowest BCUT2D eigenvalue weighted by Crippen LogP contribution is -2.32. The summed E-state index contributed by atoms with van der Waals surface area (Å²) in [6.07, 6.45) is 2.33. The second-order valence-corrected chi connectivity index (χ2v) is 33.5. The molecule has 0 atom stereocenters. The Morgan fingerprint density at radius 3 is 0.718 bits per heavy atom. The average Bonchev–Trinajstić information content (AvgIpc) is 0.794. The van der Waals surface area contributed by atoms with Crippen molar-refractivity contribution < 1.29 is 23.7 Å². The lowest BCUT2D eigenvalue weighted by Gasteiger charge is -2.25. The van der Waals surface area contributed by atoms with E-state index in [-0.39, 0.29) is 54.2 Å². The number of nitrogens with zero attached hydrogens (tertiary/aromatic N) is 5. The summed E-state index contributed by atoms with van der Waals surface area (Å²) in [6, 6.07) is 0. The van der Waals surface area contributed by atoms with E-state index in [0.717, 1.165) is 161 Å². The van der Waals surface area contributed by atoms with Crippen LogP contribution in [-0.4, -0.2) is 223 Å². The zero-order valence-corrected chi connectivity index (χ0v) is 72.2. The van der Waals surface area contributed by atoms with Gasteiger partial charge in [0.15, 0.2) is 0 Å². The van der Waals surface area contributed by atoms with Crippen LogP contribution in [-0.2, 0) is 50.8 Å². The average molecular weight is 1530 g/mol. The van der Waals surface area contributed by atoms with Gasteiger partial charge in [0.25, 0.3) is 0 Å². The summed E-state index contributed by atoms with van der Waals surface area (Å²) in [5.74, 6) is 0. The minimum atomic E-state index is -0.162. The van der Waals surface area contributed by atoms with Gasteiger partial charge in [-0.2, -0.15) is 0 Å². The molecule has 0 aliphatic heterocycles. The van der Waals surface area contributed by atoms with Crippen molar-refractivity contribution in [1.82, 2.24) is 24.5 Å². The second kappa shape index (κ2) is 47.8. The molecule has 0 unspecified atom stereocenters. The van der Waals surface area contributed by atoms with Crippen LogP contribution < -0.4 is 53.7 Å². The van der Waals surface area contributed by atoms with Crippen LogP contribution in [0.2, 0.25) is 0 Å². The van der Waals surface area contributed by atoms with Crippen molar-refractivity contribution in [3.8, 4) is 0 Å². The van der Waals surface area contributed by atoms with Crippen LogP contribution in [0.3, 0.4) is 0 Å². The molecule has 103 heavy (non-hydrogen) atoms. The van der Waals surface area contributed by atoms with Gasteiger partial charge in [-0.1, -0.05) is 206 Å². The first kappa shape index (κ1) is 97.1. The van der Waals surface area contributed by atoms with Gasteiger partial charge in [0.1, 0.15) is 22.6 Å². The summed E-state index contributed by atoms with van der Waals surface area (Å²) in [7, 11) is 8.20. The Hall–Kier alpha value is -3.90. The molecule has 0 bridgehead atoms. The normalized spacial score (nSPS) is 12.3. The maximum Gasteiger partial charge on any atom is 0.204 e. The molecular formula is C78H136N10O10S5. The monoisotopic (exact) mass is 1530 g/mol. The molecule has 5 rings (SSSR count). The first-order valence-corrected chi connectivity index (χ1v) is 39.2. The highest BCUT2D eigenvalue weighted by Gasteiger charge is 2.32. The molecule has 25 heteroatoms. The first-order valence-electron chi connectivity index (χ1n) is 37.2. The van der Waals surface area contributed by atoms with E-state index in [0.29, 0.717) is 94.9 Å². The predicted molar refractivity (Wildman–Crippen MR) is 449 cm³/mol. The van der Waals surface area contributed by atoms with Gasteiger partial charge in [-0.15, -0.1) is 0 Å². The van der Waals surface area contributed by atoms with Crippen LogP contribution in [0.1, 0.15) is 186 Å². The molecule has 0 aliphatic carbocycles. The van der Waals surface area contributed by atoms with Gasteiger partial charge in [0.2, 0.25) is 27.1 Å². The summed E-state index contributed by atoms with van der Waals surface area (Å²) in [5.41, 5.74) is 7.55. The molecule has 5 N–H and O–H groups in total. The Labute approximate surface area is 645 Å². The minimum absolute atomic E-state index is 0.0125. The Balaban J connectivity index is 0.000000644. The Morgan fingerprint density at radius 2 is 0.505 bits per heavy atom. The number of hydrogen-bond donors (Lipinski definition) is 5. The van der Waals surface area contributed by atoms with Crippen molar-refractivity contribution in [3.05, 3.63) is 101 Å². The molecule has 5 aromatic rings. The topological polar surface area (TPSA) is 208 Å². The van der Waals surface area contributed by atoms with Gasteiger partial charge in [0, 0.05) is 93.3 Å². The smallest absolute Gasteiger partial charge is 0.204 e. The largest absolute Gasteiger partial charge is 0.381 e. The van der Waals surface area contributed by atoms with Gasteiger partial charge in [-0.3, -0.25) is 24.0 Å². The third-order valence-electron chi connectivity index (χ3n) is 17.1. The van der Waals surface area contributed by atoms with Crippen molar-refractivity contribution in [2.24, 2.45) is 0 Å². The SMILES string of the molecule is CCCN(C)CCOCCNc1c(C(C)(C)C)c(=O)c1=S.CCCN(CC)CCOCCNc1c(C(C)(C)C)c(=O)c1=S.CCN(C)CCOCCNc1c(C(C)(C)C)c(=O)c1=S.CCN(CC)CCOCCNc1c(C(C)(C)C)c(=O)c1=S.CN(C)CCOCCNc1c(C(C)(C)C)c(=O)c1=S. The van der Waals surface area contributed by atoms with Crippen molar-refractivity contribution >= 4 is 89.5 Å².